The maximum absolute atomic E-state index is 7.48. The van der Waals surface area contributed by atoms with E-state index < -0.39 is 11.4 Å². The second-order valence-corrected chi connectivity index (χ2v) is 8.71. The van der Waals surface area contributed by atoms with Gasteiger partial charge >= 0.3 is 0 Å². The maximum Gasteiger partial charge on any atom is 0.209 e. The summed E-state index contributed by atoms with van der Waals surface area (Å²) >= 11 is 0. The molecular weight excluding hydrogens is 372 g/mol. The fraction of sp³-hybridized carbons (Fsp3) is 0.308. The van der Waals surface area contributed by atoms with Crippen LogP contribution in [0, 0.1) is 0 Å². The first-order valence-electron chi connectivity index (χ1n) is 11.0. The van der Waals surface area contributed by atoms with Crippen molar-refractivity contribution < 1.29 is 9.47 Å². The van der Waals surface area contributed by atoms with Crippen LogP contribution in [0.4, 0.5) is 0 Å². The first-order valence-corrected chi connectivity index (χ1v) is 11.0. The molecule has 0 aliphatic carbocycles. The van der Waals surface area contributed by atoms with Crippen LogP contribution < -0.4 is 4.74 Å². The second kappa shape index (κ2) is 5.94. The van der Waals surface area contributed by atoms with Gasteiger partial charge in [-0.3, -0.25) is 9.80 Å². The average Bonchev–Trinajstić information content (AvgIpc) is 2.98. The molecule has 2 saturated heterocycles. The van der Waals surface area contributed by atoms with Crippen molar-refractivity contribution in [1.29, 1.82) is 0 Å². The highest BCUT2D eigenvalue weighted by Gasteiger charge is 2.63. The fourth-order valence-corrected chi connectivity index (χ4v) is 5.66. The van der Waals surface area contributed by atoms with Crippen LogP contribution in [-0.4, -0.2) is 36.0 Å². The van der Waals surface area contributed by atoms with Gasteiger partial charge in [0, 0.05) is 48.4 Å². The molecule has 4 aliphatic heterocycles. The Labute approximate surface area is 176 Å². The number of likely N-dealkylation sites (tertiary alicyclic amines) is 2. The summed E-state index contributed by atoms with van der Waals surface area (Å²) in [4.78, 5) is 5.06. The minimum absolute atomic E-state index is 0.509. The molecule has 0 bridgehead atoms. The van der Waals surface area contributed by atoms with Crippen LogP contribution in [0.25, 0.3) is 0 Å². The summed E-state index contributed by atoms with van der Waals surface area (Å²) < 4.78 is 13.8. The first kappa shape index (κ1) is 17.1. The van der Waals surface area contributed by atoms with Crippen molar-refractivity contribution >= 4 is 0 Å². The lowest BCUT2D eigenvalue weighted by molar-refractivity contribution is -0.307. The highest BCUT2D eigenvalue weighted by Crippen LogP contribution is 2.62. The van der Waals surface area contributed by atoms with E-state index in [1.54, 1.807) is 0 Å². The summed E-state index contributed by atoms with van der Waals surface area (Å²) in [5, 5.41) is 0. The van der Waals surface area contributed by atoms with Gasteiger partial charge in [0.2, 0.25) is 5.85 Å². The molecule has 2 fully saturated rings. The largest absolute Gasteiger partial charge is 0.457 e. The van der Waals surface area contributed by atoms with Crippen molar-refractivity contribution in [3.05, 3.63) is 95.1 Å². The Kier molecular flexibility index (Phi) is 3.38. The van der Waals surface area contributed by atoms with E-state index >= 15 is 0 Å². The van der Waals surface area contributed by atoms with E-state index in [4.69, 9.17) is 9.47 Å². The number of para-hydroxylation sites is 2. The van der Waals surface area contributed by atoms with Crippen LogP contribution in [0.1, 0.15) is 35.1 Å². The molecule has 0 saturated carbocycles. The van der Waals surface area contributed by atoms with E-state index in [9.17, 15) is 0 Å². The summed E-state index contributed by atoms with van der Waals surface area (Å²) in [7, 11) is 0. The van der Waals surface area contributed by atoms with Crippen molar-refractivity contribution in [2.24, 2.45) is 0 Å². The minimum atomic E-state index is -0.673. The van der Waals surface area contributed by atoms with Crippen LogP contribution in [-0.2, 0) is 16.2 Å². The van der Waals surface area contributed by atoms with Gasteiger partial charge in [0.15, 0.2) is 5.60 Å². The zero-order valence-electron chi connectivity index (χ0n) is 16.9. The quantitative estimate of drug-likeness (QED) is 0.630. The molecule has 7 rings (SSSR count). The van der Waals surface area contributed by atoms with Gasteiger partial charge in [0.05, 0.1) is 0 Å². The predicted octanol–water partition coefficient (Wildman–Crippen LogP) is 4.64. The van der Waals surface area contributed by atoms with Gasteiger partial charge in [0.25, 0.3) is 0 Å². The van der Waals surface area contributed by atoms with E-state index in [2.05, 4.69) is 70.5 Å². The van der Waals surface area contributed by atoms with Crippen molar-refractivity contribution in [2.45, 2.75) is 24.3 Å². The monoisotopic (exact) mass is 396 g/mol. The standard InChI is InChI=1S/C26H24N2O2/c1-2-10-20-19(9-1)25(30-26(20,27-15-7-16-27)28-17-8-18-28)21-11-3-5-13-23(21)29-24-14-6-4-12-22(24)25/h1-6,9-14H,7-8,15-18H2. The number of fused-ring (bicyclic) bond motifs is 6. The molecule has 0 unspecified atom stereocenters. The van der Waals surface area contributed by atoms with Gasteiger partial charge < -0.3 is 9.47 Å². The fourth-order valence-electron chi connectivity index (χ4n) is 5.66. The van der Waals surface area contributed by atoms with Crippen molar-refractivity contribution in [2.75, 3.05) is 26.2 Å². The molecular formula is C26H24N2O2. The van der Waals surface area contributed by atoms with E-state index in [1.165, 1.54) is 24.0 Å². The van der Waals surface area contributed by atoms with Crippen LogP contribution in [0.15, 0.2) is 72.8 Å². The second-order valence-electron chi connectivity index (χ2n) is 8.71. The van der Waals surface area contributed by atoms with E-state index in [0.717, 1.165) is 48.8 Å². The summed E-state index contributed by atoms with van der Waals surface area (Å²) in [6, 6.07) is 25.6. The van der Waals surface area contributed by atoms with Crippen molar-refractivity contribution in [1.82, 2.24) is 9.80 Å². The Balaban J connectivity index is 1.57. The highest BCUT2D eigenvalue weighted by molar-refractivity contribution is 5.64. The highest BCUT2D eigenvalue weighted by atomic mass is 16.6. The minimum Gasteiger partial charge on any atom is -0.457 e. The molecule has 4 heterocycles. The maximum atomic E-state index is 7.48. The number of nitrogens with zero attached hydrogens (tertiary/aromatic N) is 2. The van der Waals surface area contributed by atoms with Crippen molar-refractivity contribution in [3.63, 3.8) is 0 Å². The lowest BCUT2D eigenvalue weighted by atomic mass is 9.77. The van der Waals surface area contributed by atoms with E-state index in [0.29, 0.717) is 0 Å². The molecule has 4 aliphatic rings. The molecule has 0 amide bonds. The average molecular weight is 396 g/mol. The molecule has 3 aromatic rings. The molecule has 0 radical (unpaired) electrons. The zero-order chi connectivity index (χ0) is 19.8. The smallest absolute Gasteiger partial charge is 0.209 e. The lowest BCUT2D eigenvalue weighted by Crippen LogP contribution is -2.66. The number of hydrogen-bond acceptors (Lipinski definition) is 4. The molecule has 3 aromatic carbocycles. The third-order valence-electron chi connectivity index (χ3n) is 7.27. The SMILES string of the molecule is c1ccc2c(c1)Oc1ccccc1C21OC(N2CCC2)(N2CCC2)c2ccccc21. The number of rotatable bonds is 2. The van der Waals surface area contributed by atoms with E-state index in [-0.39, 0.29) is 0 Å². The van der Waals surface area contributed by atoms with Crippen molar-refractivity contribution in [3.8, 4) is 11.5 Å². The van der Waals surface area contributed by atoms with Gasteiger partial charge in [-0.25, -0.2) is 0 Å². The molecule has 1 spiro atoms. The Morgan fingerprint density at radius 3 is 1.53 bits per heavy atom. The summed E-state index contributed by atoms with van der Waals surface area (Å²) in [5.74, 6) is 1.26. The Morgan fingerprint density at radius 2 is 1.03 bits per heavy atom. The van der Waals surface area contributed by atoms with Crippen LogP contribution in [0.5, 0.6) is 11.5 Å². The Bertz CT molecular complexity index is 1090. The Morgan fingerprint density at radius 1 is 0.567 bits per heavy atom. The third kappa shape index (κ3) is 1.92. The predicted molar refractivity (Wildman–Crippen MR) is 114 cm³/mol. The zero-order valence-corrected chi connectivity index (χ0v) is 16.9. The summed E-state index contributed by atoms with van der Waals surface area (Å²) in [6.07, 6.45) is 2.45. The van der Waals surface area contributed by atoms with Gasteiger partial charge in [-0.1, -0.05) is 60.7 Å². The van der Waals surface area contributed by atoms with Gasteiger partial charge in [-0.15, -0.1) is 0 Å². The molecule has 0 N–H and O–H groups in total. The van der Waals surface area contributed by atoms with E-state index in [1.807, 2.05) is 12.1 Å². The van der Waals surface area contributed by atoms with Gasteiger partial charge in [0.1, 0.15) is 11.5 Å². The number of ether oxygens (including phenoxy) is 2. The normalized spacial score (nSPS) is 22.9. The van der Waals surface area contributed by atoms with Crippen LogP contribution in [0.3, 0.4) is 0 Å². The summed E-state index contributed by atoms with van der Waals surface area (Å²) in [5.41, 5.74) is 4.05. The molecule has 30 heavy (non-hydrogen) atoms. The lowest BCUT2D eigenvalue weighted by Gasteiger charge is -2.56. The molecule has 4 nitrogen and oxygen atoms in total. The van der Waals surface area contributed by atoms with Gasteiger partial charge in [-0.2, -0.15) is 0 Å². The molecule has 0 atom stereocenters. The molecule has 4 heteroatoms. The summed E-state index contributed by atoms with van der Waals surface area (Å²) in [6.45, 7) is 4.28. The Hall–Kier alpha value is -2.66. The number of benzene rings is 3. The molecule has 150 valence electrons. The van der Waals surface area contributed by atoms with Crippen LogP contribution >= 0.6 is 0 Å². The van der Waals surface area contributed by atoms with Gasteiger partial charge in [-0.05, 0) is 25.0 Å². The topological polar surface area (TPSA) is 24.9 Å². The first-order chi connectivity index (χ1) is 14.8. The molecule has 0 aromatic heterocycles. The number of hydrogen-bond donors (Lipinski definition) is 0. The third-order valence-corrected chi connectivity index (χ3v) is 7.27. The van der Waals surface area contributed by atoms with Crippen LogP contribution in [0.2, 0.25) is 0 Å².